The third-order valence-corrected chi connectivity index (χ3v) is 5.40. The second-order valence-corrected chi connectivity index (χ2v) is 7.01. The maximum Gasteiger partial charge on any atom is 0.161 e. The van der Waals surface area contributed by atoms with Crippen molar-refractivity contribution >= 4 is 0 Å². The molecule has 0 unspecified atom stereocenters. The fraction of sp³-hybridized carbons (Fsp3) is 0.167. The molecule has 5 rings (SSSR count). The summed E-state index contributed by atoms with van der Waals surface area (Å²) in [7, 11) is 3.34. The summed E-state index contributed by atoms with van der Waals surface area (Å²) in [5.74, 6) is 2.45. The monoisotopic (exact) mass is 383 g/mol. The molecule has 0 bridgehead atoms. The highest BCUT2D eigenvalue weighted by molar-refractivity contribution is 5.85. The summed E-state index contributed by atoms with van der Waals surface area (Å²) in [4.78, 5) is 9.40. The van der Waals surface area contributed by atoms with Crippen molar-refractivity contribution in [2.45, 2.75) is 13.0 Å². The zero-order valence-corrected chi connectivity index (χ0v) is 16.4. The molecule has 144 valence electrons. The van der Waals surface area contributed by atoms with Gasteiger partial charge in [-0.2, -0.15) is 0 Å². The molecule has 1 aliphatic heterocycles. The molecule has 2 aromatic heterocycles. The van der Waals surface area contributed by atoms with Crippen LogP contribution in [0.1, 0.15) is 5.56 Å². The van der Waals surface area contributed by atoms with E-state index < -0.39 is 0 Å². The molecule has 2 aromatic carbocycles. The summed E-state index contributed by atoms with van der Waals surface area (Å²) < 4.78 is 13.4. The number of methoxy groups -OCH3 is 2. The lowest BCUT2D eigenvalue weighted by atomic mass is 9.95. The van der Waals surface area contributed by atoms with Crippen molar-refractivity contribution in [1.29, 1.82) is 0 Å². The van der Waals surface area contributed by atoms with E-state index in [1.54, 1.807) is 20.4 Å². The quantitative estimate of drug-likeness (QED) is 0.505. The Labute approximate surface area is 169 Å². The molecule has 29 heavy (non-hydrogen) atoms. The van der Waals surface area contributed by atoms with Crippen molar-refractivity contribution in [2.24, 2.45) is 0 Å². The number of imidazole rings is 1. The second kappa shape index (κ2) is 7.09. The van der Waals surface area contributed by atoms with E-state index >= 15 is 0 Å². The summed E-state index contributed by atoms with van der Waals surface area (Å²) >= 11 is 0. The molecular weight excluding hydrogens is 362 g/mol. The lowest BCUT2D eigenvalue weighted by Crippen LogP contribution is -2.12. The van der Waals surface area contributed by atoms with Gasteiger partial charge in [0, 0.05) is 35.6 Å². The van der Waals surface area contributed by atoms with Gasteiger partial charge in [0.1, 0.15) is 5.82 Å². The maximum absolute atomic E-state index is 5.59. The number of hydrogen-bond donors (Lipinski definition) is 0. The van der Waals surface area contributed by atoms with E-state index in [0.29, 0.717) is 0 Å². The molecule has 0 amide bonds. The predicted octanol–water partition coefficient (Wildman–Crippen LogP) is 4.85. The highest BCUT2D eigenvalue weighted by Gasteiger charge is 2.27. The minimum atomic E-state index is 0.722. The van der Waals surface area contributed by atoms with Crippen LogP contribution in [0.2, 0.25) is 0 Å². The number of pyridine rings is 1. The first-order chi connectivity index (χ1) is 14.3. The Morgan fingerprint density at radius 3 is 2.38 bits per heavy atom. The molecule has 0 saturated carbocycles. The normalized spacial score (nSPS) is 12.2. The number of nitrogens with zero attached hydrogens (tertiary/aromatic N) is 3. The van der Waals surface area contributed by atoms with Crippen molar-refractivity contribution < 1.29 is 9.47 Å². The van der Waals surface area contributed by atoms with Crippen LogP contribution in [0.3, 0.4) is 0 Å². The zero-order valence-electron chi connectivity index (χ0n) is 16.4. The molecule has 1 aliphatic rings. The van der Waals surface area contributed by atoms with Crippen LogP contribution in [0, 0.1) is 0 Å². The largest absolute Gasteiger partial charge is 0.493 e. The Morgan fingerprint density at radius 1 is 0.897 bits per heavy atom. The second-order valence-electron chi connectivity index (χ2n) is 7.01. The van der Waals surface area contributed by atoms with Crippen LogP contribution >= 0.6 is 0 Å². The maximum atomic E-state index is 5.59. The van der Waals surface area contributed by atoms with Gasteiger partial charge < -0.3 is 14.0 Å². The molecular formula is C24H21N3O2. The van der Waals surface area contributed by atoms with Crippen molar-refractivity contribution in [3.63, 3.8) is 0 Å². The average molecular weight is 383 g/mol. The first-order valence-corrected chi connectivity index (χ1v) is 9.61. The van der Waals surface area contributed by atoms with E-state index in [9.17, 15) is 0 Å². The number of fused-ring (bicyclic) bond motifs is 3. The van der Waals surface area contributed by atoms with Crippen molar-refractivity contribution in [3.05, 3.63) is 72.6 Å². The number of benzene rings is 2. The van der Waals surface area contributed by atoms with Crippen molar-refractivity contribution in [2.75, 3.05) is 14.2 Å². The van der Waals surface area contributed by atoms with Crippen LogP contribution in [0.5, 0.6) is 11.5 Å². The van der Waals surface area contributed by atoms with Gasteiger partial charge in [0.2, 0.25) is 0 Å². The van der Waals surface area contributed by atoms with Crippen molar-refractivity contribution in [3.8, 4) is 45.4 Å². The topological polar surface area (TPSA) is 49.2 Å². The van der Waals surface area contributed by atoms with Crippen LogP contribution in [0.15, 0.2) is 67.0 Å². The Hall–Kier alpha value is -3.60. The van der Waals surface area contributed by atoms with E-state index in [0.717, 1.165) is 58.4 Å². The fourth-order valence-corrected chi connectivity index (χ4v) is 4.04. The fourth-order valence-electron chi connectivity index (χ4n) is 4.04. The summed E-state index contributed by atoms with van der Waals surface area (Å²) in [6, 6.07) is 18.5. The minimum absolute atomic E-state index is 0.722. The average Bonchev–Trinajstić information content (AvgIpc) is 3.19. The van der Waals surface area contributed by atoms with E-state index in [-0.39, 0.29) is 0 Å². The number of aryl methyl sites for hydroxylation is 1. The number of ether oxygens (including phenoxy) is 2. The van der Waals surface area contributed by atoms with E-state index in [2.05, 4.69) is 39.9 Å². The van der Waals surface area contributed by atoms with Crippen LogP contribution in [0.4, 0.5) is 0 Å². The highest BCUT2D eigenvalue weighted by atomic mass is 16.5. The molecule has 0 radical (unpaired) electrons. The molecule has 0 spiro atoms. The highest BCUT2D eigenvalue weighted by Crippen LogP contribution is 2.44. The van der Waals surface area contributed by atoms with Gasteiger partial charge in [0.15, 0.2) is 11.5 Å². The smallest absolute Gasteiger partial charge is 0.161 e. The number of rotatable bonds is 4. The van der Waals surface area contributed by atoms with Gasteiger partial charge in [0.05, 0.1) is 25.6 Å². The molecule has 0 aliphatic carbocycles. The molecule has 0 fully saturated rings. The third kappa shape index (κ3) is 2.86. The molecule has 0 atom stereocenters. The van der Waals surface area contributed by atoms with Crippen LogP contribution in [-0.2, 0) is 13.0 Å². The summed E-state index contributed by atoms with van der Waals surface area (Å²) in [6.07, 6.45) is 4.56. The zero-order chi connectivity index (χ0) is 19.8. The van der Waals surface area contributed by atoms with E-state index in [1.807, 2.05) is 30.5 Å². The van der Waals surface area contributed by atoms with Gasteiger partial charge in [-0.15, -0.1) is 0 Å². The van der Waals surface area contributed by atoms with E-state index in [4.69, 9.17) is 14.5 Å². The van der Waals surface area contributed by atoms with E-state index in [1.165, 1.54) is 5.56 Å². The van der Waals surface area contributed by atoms with Gasteiger partial charge in [-0.25, -0.2) is 4.98 Å². The van der Waals surface area contributed by atoms with Gasteiger partial charge in [-0.05, 0) is 36.2 Å². The molecule has 4 aromatic rings. The first-order valence-electron chi connectivity index (χ1n) is 9.61. The van der Waals surface area contributed by atoms with Crippen molar-refractivity contribution in [1.82, 2.24) is 14.5 Å². The Balaban J connectivity index is 1.80. The molecule has 5 heteroatoms. The third-order valence-electron chi connectivity index (χ3n) is 5.40. The van der Waals surface area contributed by atoms with Crippen LogP contribution < -0.4 is 9.47 Å². The molecule has 3 heterocycles. The van der Waals surface area contributed by atoms with Gasteiger partial charge in [0.25, 0.3) is 0 Å². The van der Waals surface area contributed by atoms with Crippen LogP contribution in [0.25, 0.3) is 33.9 Å². The minimum Gasteiger partial charge on any atom is -0.493 e. The standard InChI is InChI=1S/C24H21N3O2/c1-28-20-13-17-10-12-27-23(19(17)14-21(20)29-2)22(18-9-6-11-25-15-18)26-24(27)16-7-4-3-5-8-16/h3-9,11,13-15H,10,12H2,1-2H3. The lowest BCUT2D eigenvalue weighted by molar-refractivity contribution is 0.354. The summed E-state index contributed by atoms with van der Waals surface area (Å²) in [5, 5.41) is 0. The predicted molar refractivity (Wildman–Crippen MR) is 113 cm³/mol. The Bertz CT molecular complexity index is 1170. The molecule has 0 saturated heterocycles. The van der Waals surface area contributed by atoms with Gasteiger partial charge in [-0.1, -0.05) is 30.3 Å². The summed E-state index contributed by atoms with van der Waals surface area (Å²) in [5.41, 5.74) is 6.50. The van der Waals surface area contributed by atoms with Crippen LogP contribution in [-0.4, -0.2) is 28.8 Å². The molecule has 0 N–H and O–H groups in total. The number of hydrogen-bond acceptors (Lipinski definition) is 4. The van der Waals surface area contributed by atoms with Gasteiger partial charge in [-0.3, -0.25) is 4.98 Å². The molecule has 5 nitrogen and oxygen atoms in total. The Kier molecular flexibility index (Phi) is 4.28. The number of aromatic nitrogens is 3. The first kappa shape index (κ1) is 17.5. The lowest BCUT2D eigenvalue weighted by Gasteiger charge is -2.23. The summed E-state index contributed by atoms with van der Waals surface area (Å²) in [6.45, 7) is 0.856. The van der Waals surface area contributed by atoms with Gasteiger partial charge >= 0.3 is 0 Å². The Morgan fingerprint density at radius 2 is 1.66 bits per heavy atom. The SMILES string of the molecule is COc1cc2c(cc1OC)-c1c(-c3cccnc3)nc(-c3ccccc3)n1CC2.